The van der Waals surface area contributed by atoms with Crippen LogP contribution >= 0.6 is 11.3 Å². The van der Waals surface area contributed by atoms with E-state index in [2.05, 4.69) is 38.0 Å². The second kappa shape index (κ2) is 9.08. The fourth-order valence-corrected chi connectivity index (χ4v) is 4.08. The molecule has 0 amide bonds. The largest absolute Gasteiger partial charge is 0.375 e. The van der Waals surface area contributed by atoms with Crippen molar-refractivity contribution in [3.63, 3.8) is 0 Å². The van der Waals surface area contributed by atoms with Crippen LogP contribution in [0, 0.1) is 5.82 Å². The van der Waals surface area contributed by atoms with Crippen LogP contribution in [-0.4, -0.2) is 46.2 Å². The molecule has 2 N–H and O–H groups in total. The van der Waals surface area contributed by atoms with E-state index in [4.69, 9.17) is 0 Å². The van der Waals surface area contributed by atoms with Gasteiger partial charge < -0.3 is 20.4 Å². The number of benzene rings is 1. The van der Waals surface area contributed by atoms with E-state index < -0.39 is 0 Å². The topological polar surface area (TPSA) is 42.9 Å². The van der Waals surface area contributed by atoms with Gasteiger partial charge in [-0.15, -0.1) is 11.3 Å². The Morgan fingerprint density at radius 2 is 2.07 bits per heavy atom. The minimum absolute atomic E-state index is 0.205. The first-order valence-electron chi connectivity index (χ1n) is 9.28. The molecule has 2 heterocycles. The Hall–Kier alpha value is -2.28. The Morgan fingerprint density at radius 1 is 1.30 bits per heavy atom. The van der Waals surface area contributed by atoms with Crippen LogP contribution < -0.4 is 20.4 Å². The molecule has 7 heteroatoms. The summed E-state index contributed by atoms with van der Waals surface area (Å²) in [5.74, 6) is 0.560. The first-order chi connectivity index (χ1) is 13.1. The molecule has 146 valence electrons. The van der Waals surface area contributed by atoms with Gasteiger partial charge >= 0.3 is 0 Å². The molecular weight excluding hydrogens is 361 g/mol. The van der Waals surface area contributed by atoms with E-state index in [1.54, 1.807) is 29.4 Å². The van der Waals surface area contributed by atoms with Crippen molar-refractivity contribution in [2.75, 3.05) is 44.0 Å². The third kappa shape index (κ3) is 5.13. The number of piperidine rings is 1. The first-order valence-corrected chi connectivity index (χ1v) is 10.2. The fraction of sp³-hybridized carbons (Fsp3) is 0.450. The van der Waals surface area contributed by atoms with Crippen LogP contribution in [0.15, 0.2) is 40.7 Å². The standard InChI is InChI=1S/C20H28FN5S/c1-22-20(23-14-15-6-7-18(25(2)3)17(21)13-15)24-16-8-10-26(11-9-16)19-5-4-12-27-19/h4-7,12-13,16H,8-11,14H2,1-3H3,(H2,22,23,24). The predicted octanol–water partition coefficient (Wildman–Crippen LogP) is 3.29. The zero-order chi connectivity index (χ0) is 19.2. The van der Waals surface area contributed by atoms with Gasteiger partial charge in [-0.2, -0.15) is 0 Å². The minimum Gasteiger partial charge on any atom is -0.375 e. The van der Waals surface area contributed by atoms with Crippen LogP contribution in [-0.2, 0) is 6.54 Å². The number of nitrogens with one attached hydrogen (secondary N) is 2. The summed E-state index contributed by atoms with van der Waals surface area (Å²) >= 11 is 1.79. The van der Waals surface area contributed by atoms with Crippen molar-refractivity contribution in [2.24, 2.45) is 4.99 Å². The summed E-state index contributed by atoms with van der Waals surface area (Å²) in [6.45, 7) is 2.64. The van der Waals surface area contributed by atoms with E-state index in [1.165, 1.54) is 5.00 Å². The van der Waals surface area contributed by atoms with E-state index in [9.17, 15) is 4.39 Å². The Bertz CT molecular complexity index is 752. The number of anilines is 2. The van der Waals surface area contributed by atoms with Gasteiger partial charge in [0.15, 0.2) is 5.96 Å². The van der Waals surface area contributed by atoms with Crippen molar-refractivity contribution < 1.29 is 4.39 Å². The van der Waals surface area contributed by atoms with E-state index >= 15 is 0 Å². The van der Waals surface area contributed by atoms with Gasteiger partial charge in [0.2, 0.25) is 0 Å². The number of hydrogen-bond acceptors (Lipinski definition) is 4. The average molecular weight is 390 g/mol. The lowest BCUT2D eigenvalue weighted by Gasteiger charge is -2.33. The second-order valence-corrected chi connectivity index (χ2v) is 7.89. The van der Waals surface area contributed by atoms with E-state index in [-0.39, 0.29) is 5.82 Å². The van der Waals surface area contributed by atoms with Crippen molar-refractivity contribution in [3.8, 4) is 0 Å². The summed E-state index contributed by atoms with van der Waals surface area (Å²) in [7, 11) is 5.45. The van der Waals surface area contributed by atoms with Gasteiger partial charge in [-0.1, -0.05) is 6.07 Å². The van der Waals surface area contributed by atoms with Crippen LogP contribution in [0.3, 0.4) is 0 Å². The van der Waals surface area contributed by atoms with Crippen LogP contribution in [0.5, 0.6) is 0 Å². The van der Waals surface area contributed by atoms with Crippen molar-refractivity contribution in [2.45, 2.75) is 25.4 Å². The van der Waals surface area contributed by atoms with E-state index in [1.807, 2.05) is 26.2 Å². The lowest BCUT2D eigenvalue weighted by Crippen LogP contribution is -2.48. The summed E-state index contributed by atoms with van der Waals surface area (Å²) in [6, 6.07) is 10.0. The van der Waals surface area contributed by atoms with Crippen molar-refractivity contribution in [1.29, 1.82) is 0 Å². The molecular formula is C20H28FN5S. The molecule has 0 aliphatic carbocycles. The molecule has 1 saturated heterocycles. The summed E-state index contributed by atoms with van der Waals surface area (Å²) in [4.78, 5) is 8.53. The van der Waals surface area contributed by atoms with Crippen LogP contribution in [0.2, 0.25) is 0 Å². The molecule has 27 heavy (non-hydrogen) atoms. The Morgan fingerprint density at radius 3 is 2.67 bits per heavy atom. The van der Waals surface area contributed by atoms with Crippen LogP contribution in [0.1, 0.15) is 18.4 Å². The number of halogens is 1. The highest BCUT2D eigenvalue weighted by Crippen LogP contribution is 2.24. The third-order valence-corrected chi connectivity index (χ3v) is 5.76. The van der Waals surface area contributed by atoms with Gasteiger partial charge in [0.25, 0.3) is 0 Å². The number of aliphatic imine (C=N–C) groups is 1. The van der Waals surface area contributed by atoms with Crippen molar-refractivity contribution in [3.05, 3.63) is 47.1 Å². The molecule has 2 aromatic rings. The summed E-state index contributed by atoms with van der Waals surface area (Å²) in [5.41, 5.74) is 1.49. The first kappa shape index (κ1) is 19.5. The zero-order valence-corrected chi connectivity index (χ0v) is 17.0. The molecule has 1 aromatic carbocycles. The quantitative estimate of drug-likeness (QED) is 0.608. The lowest BCUT2D eigenvalue weighted by atomic mass is 10.1. The van der Waals surface area contributed by atoms with Gasteiger partial charge in [-0.05, 0) is 48.1 Å². The summed E-state index contributed by atoms with van der Waals surface area (Å²) in [5, 5.41) is 10.3. The van der Waals surface area contributed by atoms with Gasteiger partial charge in [0, 0.05) is 46.8 Å². The highest BCUT2D eigenvalue weighted by Gasteiger charge is 2.20. The molecule has 1 aliphatic rings. The number of guanidine groups is 1. The van der Waals surface area contributed by atoms with Gasteiger partial charge in [-0.25, -0.2) is 4.39 Å². The molecule has 5 nitrogen and oxygen atoms in total. The predicted molar refractivity (Wildman–Crippen MR) is 114 cm³/mol. The smallest absolute Gasteiger partial charge is 0.191 e. The third-order valence-electron chi connectivity index (χ3n) is 4.83. The fourth-order valence-electron chi connectivity index (χ4n) is 3.29. The maximum absolute atomic E-state index is 14.1. The number of hydrogen-bond donors (Lipinski definition) is 2. The second-order valence-electron chi connectivity index (χ2n) is 6.96. The van der Waals surface area contributed by atoms with Crippen LogP contribution in [0.4, 0.5) is 15.1 Å². The SMILES string of the molecule is CN=C(NCc1ccc(N(C)C)c(F)c1)NC1CCN(c2cccs2)CC1. The minimum atomic E-state index is -0.205. The molecule has 0 spiro atoms. The van der Waals surface area contributed by atoms with Crippen molar-refractivity contribution in [1.82, 2.24) is 10.6 Å². The highest BCUT2D eigenvalue weighted by atomic mass is 32.1. The molecule has 0 unspecified atom stereocenters. The average Bonchev–Trinajstić information content (AvgIpc) is 3.20. The molecule has 1 aromatic heterocycles. The Balaban J connectivity index is 1.48. The van der Waals surface area contributed by atoms with Gasteiger partial charge in [-0.3, -0.25) is 4.99 Å². The number of thiophene rings is 1. The van der Waals surface area contributed by atoms with Gasteiger partial charge in [0.1, 0.15) is 5.82 Å². The Kier molecular flexibility index (Phi) is 6.55. The molecule has 0 bridgehead atoms. The zero-order valence-electron chi connectivity index (χ0n) is 16.2. The molecule has 3 rings (SSSR count). The molecule has 0 atom stereocenters. The summed E-state index contributed by atoms with van der Waals surface area (Å²) in [6.07, 6.45) is 2.15. The molecule has 0 saturated carbocycles. The lowest BCUT2D eigenvalue weighted by molar-refractivity contribution is 0.462. The maximum atomic E-state index is 14.1. The monoisotopic (exact) mass is 389 g/mol. The maximum Gasteiger partial charge on any atom is 0.191 e. The summed E-state index contributed by atoms with van der Waals surface area (Å²) < 4.78 is 14.1. The number of nitrogens with zero attached hydrogens (tertiary/aromatic N) is 3. The normalized spacial score (nSPS) is 15.7. The Labute approximate surface area is 164 Å². The van der Waals surface area contributed by atoms with Gasteiger partial charge in [0.05, 0.1) is 10.7 Å². The molecule has 0 radical (unpaired) electrons. The van der Waals surface area contributed by atoms with Crippen molar-refractivity contribution >= 4 is 28.0 Å². The molecule has 1 fully saturated rings. The van der Waals surface area contributed by atoms with E-state index in [0.29, 0.717) is 18.3 Å². The van der Waals surface area contributed by atoms with Crippen LogP contribution in [0.25, 0.3) is 0 Å². The highest BCUT2D eigenvalue weighted by molar-refractivity contribution is 7.14. The van der Waals surface area contributed by atoms with E-state index in [0.717, 1.165) is 37.5 Å². The molecule has 1 aliphatic heterocycles. The number of rotatable bonds is 5.